The molecule has 0 aromatic carbocycles. The van der Waals surface area contributed by atoms with Gasteiger partial charge >= 0.3 is 0 Å². The van der Waals surface area contributed by atoms with Gasteiger partial charge in [-0.05, 0) is 32.2 Å². The smallest absolute Gasteiger partial charge is 0.222 e. The topological polar surface area (TPSA) is 67.1 Å². The maximum Gasteiger partial charge on any atom is 0.222 e. The number of nitrogens with two attached hydrogens (primary N) is 1. The Kier molecular flexibility index (Phi) is 3.03. The van der Waals surface area contributed by atoms with E-state index in [4.69, 9.17) is 5.73 Å². The molecule has 0 radical (unpaired) electrons. The van der Waals surface area contributed by atoms with Gasteiger partial charge in [-0.1, -0.05) is 0 Å². The van der Waals surface area contributed by atoms with Crippen molar-refractivity contribution >= 4 is 11.8 Å². The average Bonchev–Trinajstić information content (AvgIpc) is 2.81. The number of rotatable bonds is 2. The SMILES string of the molecule is Nc1ncc(F)c(NC2CCN3CCCC3C2)n1. The molecule has 0 bridgehead atoms. The molecule has 2 unspecified atom stereocenters. The fourth-order valence-corrected chi connectivity index (χ4v) is 3.03. The lowest BCUT2D eigenvalue weighted by Gasteiger charge is -2.35. The lowest BCUT2D eigenvalue weighted by Crippen LogP contribution is -2.43. The predicted octanol–water partition coefficient (Wildman–Crippen LogP) is 1.24. The summed E-state index contributed by atoms with van der Waals surface area (Å²) in [5.41, 5.74) is 5.48. The number of hydrogen-bond donors (Lipinski definition) is 2. The second-order valence-corrected chi connectivity index (χ2v) is 5.12. The van der Waals surface area contributed by atoms with E-state index in [0.29, 0.717) is 6.04 Å². The Morgan fingerprint density at radius 2 is 2.28 bits per heavy atom. The fraction of sp³-hybridized carbons (Fsp3) is 0.667. The standard InChI is InChI=1S/C12H18FN5/c13-10-7-15-12(14)17-11(10)16-8-3-5-18-4-1-2-9(18)6-8/h7-9H,1-6H2,(H3,14,15,16,17). The highest BCUT2D eigenvalue weighted by Crippen LogP contribution is 2.28. The highest BCUT2D eigenvalue weighted by atomic mass is 19.1. The molecule has 2 fully saturated rings. The first-order valence-electron chi connectivity index (χ1n) is 6.51. The summed E-state index contributed by atoms with van der Waals surface area (Å²) in [5, 5.41) is 3.17. The third kappa shape index (κ3) is 2.25. The van der Waals surface area contributed by atoms with E-state index in [1.165, 1.54) is 19.4 Å². The van der Waals surface area contributed by atoms with E-state index < -0.39 is 5.82 Å². The summed E-state index contributed by atoms with van der Waals surface area (Å²) in [4.78, 5) is 10.1. The van der Waals surface area contributed by atoms with Gasteiger partial charge in [0.05, 0.1) is 6.20 Å². The highest BCUT2D eigenvalue weighted by Gasteiger charge is 2.31. The van der Waals surface area contributed by atoms with Gasteiger partial charge in [0.1, 0.15) is 0 Å². The number of nitrogens with one attached hydrogen (secondary N) is 1. The van der Waals surface area contributed by atoms with Gasteiger partial charge in [0.25, 0.3) is 0 Å². The maximum absolute atomic E-state index is 13.5. The molecular formula is C12H18FN5. The van der Waals surface area contributed by atoms with Crippen LogP contribution in [0.5, 0.6) is 0 Å². The fourth-order valence-electron chi connectivity index (χ4n) is 3.03. The predicted molar refractivity (Wildman–Crippen MR) is 67.6 cm³/mol. The quantitative estimate of drug-likeness (QED) is 0.827. The number of aromatic nitrogens is 2. The zero-order valence-electron chi connectivity index (χ0n) is 10.3. The van der Waals surface area contributed by atoms with Crippen LogP contribution in [0.3, 0.4) is 0 Å². The molecule has 3 N–H and O–H groups in total. The Hall–Kier alpha value is -1.43. The minimum absolute atomic E-state index is 0.109. The van der Waals surface area contributed by atoms with E-state index in [1.54, 1.807) is 0 Å². The zero-order chi connectivity index (χ0) is 12.5. The Balaban J connectivity index is 1.67. The minimum Gasteiger partial charge on any atom is -0.368 e. The summed E-state index contributed by atoms with van der Waals surface area (Å²) in [7, 11) is 0. The van der Waals surface area contributed by atoms with Crippen LogP contribution in [0.25, 0.3) is 0 Å². The molecule has 2 saturated heterocycles. The van der Waals surface area contributed by atoms with Crippen molar-refractivity contribution in [1.82, 2.24) is 14.9 Å². The van der Waals surface area contributed by atoms with Gasteiger partial charge < -0.3 is 16.0 Å². The van der Waals surface area contributed by atoms with Gasteiger partial charge in [0.2, 0.25) is 5.95 Å². The Bertz CT molecular complexity index is 438. The molecule has 0 saturated carbocycles. The Labute approximate surface area is 106 Å². The summed E-state index contributed by atoms with van der Waals surface area (Å²) >= 11 is 0. The van der Waals surface area contributed by atoms with Crippen molar-refractivity contribution in [3.05, 3.63) is 12.0 Å². The molecule has 1 aromatic rings. The molecule has 2 aliphatic rings. The second-order valence-electron chi connectivity index (χ2n) is 5.12. The van der Waals surface area contributed by atoms with Crippen LogP contribution in [0, 0.1) is 5.82 Å². The molecule has 3 rings (SSSR count). The number of hydrogen-bond acceptors (Lipinski definition) is 5. The molecule has 0 amide bonds. The molecule has 3 heterocycles. The number of nitrogen functional groups attached to an aromatic ring is 1. The van der Waals surface area contributed by atoms with Crippen LogP contribution in [0.2, 0.25) is 0 Å². The maximum atomic E-state index is 13.5. The van der Waals surface area contributed by atoms with Crippen LogP contribution in [-0.4, -0.2) is 40.0 Å². The van der Waals surface area contributed by atoms with E-state index in [9.17, 15) is 4.39 Å². The number of nitrogens with zero attached hydrogens (tertiary/aromatic N) is 3. The largest absolute Gasteiger partial charge is 0.368 e. The summed E-state index contributed by atoms with van der Waals surface area (Å²) in [6.45, 7) is 2.30. The van der Waals surface area contributed by atoms with Crippen molar-refractivity contribution in [2.75, 3.05) is 24.1 Å². The lowest BCUT2D eigenvalue weighted by atomic mass is 9.97. The van der Waals surface area contributed by atoms with Crippen LogP contribution < -0.4 is 11.1 Å². The molecule has 0 aliphatic carbocycles. The highest BCUT2D eigenvalue weighted by molar-refractivity contribution is 5.40. The van der Waals surface area contributed by atoms with Crippen molar-refractivity contribution in [2.24, 2.45) is 0 Å². The number of fused-ring (bicyclic) bond motifs is 1. The monoisotopic (exact) mass is 251 g/mol. The third-order valence-electron chi connectivity index (χ3n) is 3.92. The van der Waals surface area contributed by atoms with E-state index in [-0.39, 0.29) is 17.8 Å². The first kappa shape index (κ1) is 11.6. The van der Waals surface area contributed by atoms with Crippen LogP contribution in [0.15, 0.2) is 6.20 Å². The van der Waals surface area contributed by atoms with Gasteiger partial charge in [-0.15, -0.1) is 0 Å². The second kappa shape index (κ2) is 4.68. The molecule has 0 spiro atoms. The van der Waals surface area contributed by atoms with Gasteiger partial charge in [-0.3, -0.25) is 0 Å². The average molecular weight is 251 g/mol. The van der Waals surface area contributed by atoms with Gasteiger partial charge in [-0.2, -0.15) is 4.98 Å². The summed E-state index contributed by atoms with van der Waals surface area (Å²) < 4.78 is 13.5. The zero-order valence-corrected chi connectivity index (χ0v) is 10.3. The van der Waals surface area contributed by atoms with Crippen LogP contribution in [0.1, 0.15) is 25.7 Å². The van der Waals surface area contributed by atoms with E-state index in [1.807, 2.05) is 0 Å². The van der Waals surface area contributed by atoms with Crippen LogP contribution in [0.4, 0.5) is 16.2 Å². The molecule has 18 heavy (non-hydrogen) atoms. The molecule has 1 aromatic heterocycles. The normalized spacial score (nSPS) is 28.1. The summed E-state index contributed by atoms with van der Waals surface area (Å²) in [5.74, 6) is -0.0887. The first-order chi connectivity index (χ1) is 8.72. The Morgan fingerprint density at radius 3 is 3.17 bits per heavy atom. The minimum atomic E-state index is -0.432. The molecule has 2 aliphatic heterocycles. The molecule has 5 nitrogen and oxygen atoms in total. The summed E-state index contributed by atoms with van der Waals surface area (Å²) in [6.07, 6.45) is 5.75. The lowest BCUT2D eigenvalue weighted by molar-refractivity contribution is 0.188. The number of halogens is 1. The molecule has 6 heteroatoms. The van der Waals surface area contributed by atoms with Gasteiger partial charge in [0.15, 0.2) is 11.6 Å². The number of piperidine rings is 1. The van der Waals surface area contributed by atoms with E-state index >= 15 is 0 Å². The van der Waals surface area contributed by atoms with Crippen molar-refractivity contribution in [3.8, 4) is 0 Å². The van der Waals surface area contributed by atoms with Crippen LogP contribution >= 0.6 is 0 Å². The van der Waals surface area contributed by atoms with Gasteiger partial charge in [0, 0.05) is 18.6 Å². The van der Waals surface area contributed by atoms with Crippen LogP contribution in [-0.2, 0) is 0 Å². The van der Waals surface area contributed by atoms with Gasteiger partial charge in [-0.25, -0.2) is 9.37 Å². The first-order valence-corrected chi connectivity index (χ1v) is 6.51. The molecular weight excluding hydrogens is 233 g/mol. The number of anilines is 2. The Morgan fingerprint density at radius 1 is 1.39 bits per heavy atom. The van der Waals surface area contributed by atoms with E-state index in [0.717, 1.165) is 25.6 Å². The van der Waals surface area contributed by atoms with Crippen molar-refractivity contribution in [3.63, 3.8) is 0 Å². The molecule has 98 valence electrons. The molecule has 2 atom stereocenters. The van der Waals surface area contributed by atoms with Crippen molar-refractivity contribution < 1.29 is 4.39 Å². The van der Waals surface area contributed by atoms with Crippen molar-refractivity contribution in [2.45, 2.75) is 37.8 Å². The third-order valence-corrected chi connectivity index (χ3v) is 3.92. The van der Waals surface area contributed by atoms with Crippen molar-refractivity contribution in [1.29, 1.82) is 0 Å². The van der Waals surface area contributed by atoms with E-state index in [2.05, 4.69) is 20.2 Å². The summed E-state index contributed by atoms with van der Waals surface area (Å²) in [6, 6.07) is 0.937.